The van der Waals surface area contributed by atoms with Gasteiger partial charge in [0.25, 0.3) is 0 Å². The second-order valence-corrected chi connectivity index (χ2v) is 1.57. The van der Waals surface area contributed by atoms with E-state index in [9.17, 15) is 0 Å². The first-order valence-corrected chi connectivity index (χ1v) is 2.57. The number of hydrogen-bond donors (Lipinski definition) is 0. The van der Waals surface area contributed by atoms with E-state index in [1.807, 2.05) is 0 Å². The number of hydrogen-bond acceptors (Lipinski definition) is 1. The van der Waals surface area contributed by atoms with Crippen molar-refractivity contribution in [2.24, 2.45) is 0 Å². The van der Waals surface area contributed by atoms with Crippen LogP contribution in [0.25, 0.3) is 0 Å². The summed E-state index contributed by atoms with van der Waals surface area (Å²) < 4.78 is 41.9. The maximum absolute atomic E-state index is 6.98. The molecule has 0 spiro atoms. The van der Waals surface area contributed by atoms with Crippen LogP contribution < -0.4 is 0 Å². The first-order chi connectivity index (χ1) is 5.69. The Morgan fingerprint density at radius 1 is 1.71 bits per heavy atom. The molecule has 0 unspecified atom stereocenters. The van der Waals surface area contributed by atoms with Crippen LogP contribution in [0.15, 0.2) is 0 Å². The van der Waals surface area contributed by atoms with Crippen LogP contribution in [0.4, 0.5) is 0 Å². The molecule has 2 heteroatoms. The molecule has 0 aliphatic heterocycles. The molecule has 0 saturated heterocycles. The Morgan fingerprint density at radius 2 is 2.43 bits per heavy atom. The highest BCUT2D eigenvalue weighted by molar-refractivity contribution is 6.17. The van der Waals surface area contributed by atoms with E-state index in [1.54, 1.807) is 0 Å². The molecule has 0 aliphatic rings. The van der Waals surface area contributed by atoms with Gasteiger partial charge >= 0.3 is 0 Å². The molecule has 0 aromatic carbocycles. The summed E-state index contributed by atoms with van der Waals surface area (Å²) in [5.74, 6) is 0.253. The molecule has 0 N–H and O–H groups in total. The smallest absolute Gasteiger partial charge is 0.0394 e. The lowest BCUT2D eigenvalue weighted by Crippen LogP contribution is -2.12. The average Bonchev–Trinajstić information content (AvgIpc) is 1.81. The van der Waals surface area contributed by atoms with Crippen molar-refractivity contribution >= 4 is 11.6 Å². The van der Waals surface area contributed by atoms with Crippen LogP contribution in [-0.2, 0) is 0 Å². The lowest BCUT2D eigenvalue weighted by Gasteiger charge is -2.05. The second kappa shape index (κ2) is 4.41. The zero-order valence-electron chi connectivity index (χ0n) is 9.95. The van der Waals surface area contributed by atoms with Crippen molar-refractivity contribution in [3.8, 4) is 0 Å². The third-order valence-electron chi connectivity index (χ3n) is 0.515. The molecule has 0 fully saturated rings. The third kappa shape index (κ3) is 6.25. The molecule has 1 nitrogen and oxygen atoms in total. The van der Waals surface area contributed by atoms with Gasteiger partial charge < -0.3 is 4.90 Å². The monoisotopic (exact) mass is 127 g/mol. The summed E-state index contributed by atoms with van der Waals surface area (Å²) in [5.41, 5.74) is 0. The van der Waals surface area contributed by atoms with Crippen LogP contribution in [0, 0.1) is 0 Å². The zero-order chi connectivity index (χ0) is 10.7. The predicted octanol–water partition coefficient (Wildman–Crippen LogP) is 1.18. The van der Waals surface area contributed by atoms with E-state index < -0.39 is 14.0 Å². The van der Waals surface area contributed by atoms with Crippen LogP contribution in [0.5, 0.6) is 0 Å². The third-order valence-corrected chi connectivity index (χ3v) is 0.783. The fourth-order valence-electron chi connectivity index (χ4n) is 0.218. The van der Waals surface area contributed by atoms with E-state index in [1.165, 1.54) is 0 Å². The molecule has 0 atom stereocenters. The van der Waals surface area contributed by atoms with Gasteiger partial charge in [-0.25, -0.2) is 0 Å². The predicted molar refractivity (Wildman–Crippen MR) is 33.9 cm³/mol. The van der Waals surface area contributed by atoms with Crippen LogP contribution in [-0.4, -0.2) is 31.3 Å². The van der Waals surface area contributed by atoms with Crippen LogP contribution >= 0.6 is 11.6 Å². The fourth-order valence-corrected chi connectivity index (χ4v) is 0.337. The quantitative estimate of drug-likeness (QED) is 0.515. The standard InChI is InChI=1S/C5H12ClN/c1-7(2)5-3-4-6/h3-5H2,1-2H3/i1D3,2D3. The molecule has 0 heterocycles. The van der Waals surface area contributed by atoms with Crippen molar-refractivity contribution in [2.45, 2.75) is 6.42 Å². The average molecular weight is 128 g/mol. The maximum Gasteiger partial charge on any atom is 0.0394 e. The zero-order valence-corrected chi connectivity index (χ0v) is 4.70. The number of nitrogens with zero attached hydrogens (tertiary/aromatic N) is 1. The minimum Gasteiger partial charge on any atom is -0.309 e. The van der Waals surface area contributed by atoms with Crippen LogP contribution in [0.1, 0.15) is 14.6 Å². The molecule has 0 bridgehead atoms. The van der Waals surface area contributed by atoms with E-state index in [0.717, 1.165) is 0 Å². The summed E-state index contributed by atoms with van der Waals surface area (Å²) in [6, 6.07) is 0. The van der Waals surface area contributed by atoms with E-state index in [4.69, 9.17) is 19.8 Å². The van der Waals surface area contributed by atoms with Crippen LogP contribution in [0.3, 0.4) is 0 Å². The molecule has 0 radical (unpaired) electrons. The second-order valence-electron chi connectivity index (χ2n) is 1.19. The maximum atomic E-state index is 6.98. The van der Waals surface area contributed by atoms with Gasteiger partial charge in [-0.15, -0.1) is 11.6 Å². The van der Waals surface area contributed by atoms with E-state index >= 15 is 0 Å². The Balaban J connectivity index is 4.39. The van der Waals surface area contributed by atoms with Crippen molar-refractivity contribution in [2.75, 3.05) is 26.4 Å². The molecular formula is C5H12ClN. The van der Waals surface area contributed by atoms with Gasteiger partial charge in [0.05, 0.1) is 0 Å². The lowest BCUT2D eigenvalue weighted by atomic mass is 10.5. The van der Waals surface area contributed by atoms with Crippen molar-refractivity contribution in [3.05, 3.63) is 0 Å². The molecule has 0 saturated carbocycles. The minimum absolute atomic E-state index is 0.0451. The largest absolute Gasteiger partial charge is 0.309 e. The lowest BCUT2D eigenvalue weighted by molar-refractivity contribution is 0.409. The Labute approximate surface area is 58.7 Å². The van der Waals surface area contributed by atoms with Crippen molar-refractivity contribution in [3.63, 3.8) is 0 Å². The van der Waals surface area contributed by atoms with E-state index in [-0.39, 0.29) is 12.4 Å². The molecule has 7 heavy (non-hydrogen) atoms. The van der Waals surface area contributed by atoms with Crippen molar-refractivity contribution in [1.82, 2.24) is 4.90 Å². The molecule has 0 rings (SSSR count). The summed E-state index contributed by atoms with van der Waals surface area (Å²) in [5, 5.41) is 0. The fraction of sp³-hybridized carbons (Fsp3) is 1.00. The Bertz CT molecular complexity index is 138. The number of halogens is 1. The van der Waals surface area contributed by atoms with Gasteiger partial charge in [-0.3, -0.25) is 0 Å². The summed E-state index contributed by atoms with van der Waals surface area (Å²) in [6.07, 6.45) is 0.346. The van der Waals surface area contributed by atoms with E-state index in [0.29, 0.717) is 11.3 Å². The molecule has 0 aliphatic carbocycles. The highest BCUT2D eigenvalue weighted by Crippen LogP contribution is 1.84. The van der Waals surface area contributed by atoms with Crippen molar-refractivity contribution in [1.29, 1.82) is 0 Å². The number of rotatable bonds is 3. The first kappa shape index (κ1) is 1.89. The van der Waals surface area contributed by atoms with Gasteiger partial charge in [-0.1, -0.05) is 0 Å². The Morgan fingerprint density at radius 3 is 2.86 bits per heavy atom. The summed E-state index contributed by atoms with van der Waals surface area (Å²) in [4.78, 5) is 0.502. The van der Waals surface area contributed by atoms with Crippen molar-refractivity contribution < 1.29 is 8.22 Å². The van der Waals surface area contributed by atoms with Gasteiger partial charge in [0.15, 0.2) is 0 Å². The molecule has 0 amide bonds. The minimum atomic E-state index is -2.59. The molecule has 0 aromatic rings. The number of alkyl halides is 1. The summed E-state index contributed by atoms with van der Waals surface area (Å²) in [7, 11) is 0. The summed E-state index contributed by atoms with van der Waals surface area (Å²) >= 11 is 5.35. The molecular weight excluding hydrogens is 110 g/mol. The highest BCUT2D eigenvalue weighted by atomic mass is 35.5. The Hall–Kier alpha value is 0.250. The Kier molecular flexibility index (Phi) is 1.19. The molecule has 44 valence electrons. The van der Waals surface area contributed by atoms with Gasteiger partial charge in [0, 0.05) is 14.1 Å². The molecule has 0 aromatic heterocycles. The topological polar surface area (TPSA) is 3.24 Å². The van der Waals surface area contributed by atoms with Gasteiger partial charge in [0.2, 0.25) is 0 Å². The van der Waals surface area contributed by atoms with Crippen LogP contribution in [0.2, 0.25) is 0 Å². The van der Waals surface area contributed by atoms with Gasteiger partial charge in [-0.2, -0.15) is 0 Å². The van der Waals surface area contributed by atoms with Gasteiger partial charge in [0.1, 0.15) is 0 Å². The SMILES string of the molecule is [2H]C([2H])([2H])N(CCCCl)C([2H])([2H])[2H]. The van der Waals surface area contributed by atoms with E-state index in [2.05, 4.69) is 0 Å². The normalized spacial score (nSPS) is 26.6. The highest BCUT2D eigenvalue weighted by Gasteiger charge is 1.84. The first-order valence-electron chi connectivity index (χ1n) is 5.03. The van der Waals surface area contributed by atoms with Gasteiger partial charge in [-0.05, 0) is 26.9 Å². The summed E-state index contributed by atoms with van der Waals surface area (Å²) in [6.45, 7) is -5.22.